The van der Waals surface area contributed by atoms with E-state index in [1.807, 2.05) is 0 Å². The van der Waals surface area contributed by atoms with Crippen molar-refractivity contribution in [1.82, 2.24) is 4.57 Å². The molecule has 2 nitrogen and oxygen atoms in total. The number of hydrogen-bond donors (Lipinski definition) is 0. The van der Waals surface area contributed by atoms with E-state index in [-0.39, 0.29) is 0 Å². The minimum atomic E-state index is 1.12. The van der Waals surface area contributed by atoms with Gasteiger partial charge in [0, 0.05) is 38.9 Å². The highest BCUT2D eigenvalue weighted by atomic mass is 15.1. The van der Waals surface area contributed by atoms with Gasteiger partial charge in [-0.15, -0.1) is 0 Å². The van der Waals surface area contributed by atoms with Gasteiger partial charge >= 0.3 is 0 Å². The summed E-state index contributed by atoms with van der Waals surface area (Å²) >= 11 is 0. The molecular weight excluding hydrogens is 556 g/mol. The van der Waals surface area contributed by atoms with Gasteiger partial charge in [-0.25, -0.2) is 0 Å². The fourth-order valence-electron chi connectivity index (χ4n) is 7.77. The van der Waals surface area contributed by atoms with Crippen molar-refractivity contribution in [2.75, 3.05) is 4.90 Å². The Labute approximate surface area is 267 Å². The lowest BCUT2D eigenvalue weighted by Gasteiger charge is -2.25. The summed E-state index contributed by atoms with van der Waals surface area (Å²) in [6.45, 7) is 0. The van der Waals surface area contributed by atoms with E-state index in [4.69, 9.17) is 0 Å². The molecule has 46 heavy (non-hydrogen) atoms. The van der Waals surface area contributed by atoms with Crippen LogP contribution in [0.3, 0.4) is 0 Å². The predicted octanol–water partition coefficient (Wildman–Crippen LogP) is 12.2. The Morgan fingerprint density at radius 1 is 0.370 bits per heavy atom. The number of hydrogen-bond acceptors (Lipinski definition) is 1. The van der Waals surface area contributed by atoms with Crippen molar-refractivity contribution in [3.63, 3.8) is 0 Å². The summed E-state index contributed by atoms with van der Waals surface area (Å²) in [7, 11) is 0. The monoisotopic (exact) mass is 584 g/mol. The topological polar surface area (TPSA) is 8.17 Å². The first kappa shape index (κ1) is 25.2. The first-order valence-corrected chi connectivity index (χ1v) is 15.9. The first-order valence-electron chi connectivity index (χ1n) is 15.9. The molecule has 0 spiro atoms. The molecule has 1 aliphatic carbocycles. The van der Waals surface area contributed by atoms with E-state index in [1.165, 1.54) is 65.6 Å². The molecule has 1 aromatic heterocycles. The molecule has 0 aliphatic heterocycles. The lowest BCUT2D eigenvalue weighted by Crippen LogP contribution is -2.09. The van der Waals surface area contributed by atoms with Gasteiger partial charge in [-0.1, -0.05) is 109 Å². The lowest BCUT2D eigenvalue weighted by molar-refractivity contribution is 1.18. The van der Waals surface area contributed by atoms with Crippen molar-refractivity contribution in [3.05, 3.63) is 170 Å². The second kappa shape index (κ2) is 9.69. The molecule has 1 aliphatic rings. The number of benzene rings is 8. The van der Waals surface area contributed by atoms with Crippen molar-refractivity contribution >= 4 is 60.4 Å². The summed E-state index contributed by atoms with van der Waals surface area (Å²) in [6, 6.07) is 61.9. The Kier molecular flexibility index (Phi) is 5.31. The van der Waals surface area contributed by atoms with E-state index in [0.29, 0.717) is 0 Å². The van der Waals surface area contributed by atoms with Crippen molar-refractivity contribution in [2.45, 2.75) is 0 Å². The molecule has 0 bridgehead atoms. The molecule has 0 atom stereocenters. The van der Waals surface area contributed by atoms with Gasteiger partial charge in [0.1, 0.15) is 0 Å². The summed E-state index contributed by atoms with van der Waals surface area (Å²) in [5, 5.41) is 7.78. The van der Waals surface area contributed by atoms with Crippen LogP contribution in [0, 0.1) is 0 Å². The van der Waals surface area contributed by atoms with Crippen LogP contribution >= 0.6 is 0 Å². The molecule has 0 unspecified atom stereocenters. The van der Waals surface area contributed by atoms with Crippen LogP contribution in [-0.4, -0.2) is 4.57 Å². The molecule has 0 amide bonds. The van der Waals surface area contributed by atoms with Gasteiger partial charge in [0.2, 0.25) is 0 Å². The van der Waals surface area contributed by atoms with Gasteiger partial charge in [0.25, 0.3) is 0 Å². The Bertz CT molecular complexity index is 2570. The molecule has 214 valence electrons. The van der Waals surface area contributed by atoms with Crippen LogP contribution in [0.5, 0.6) is 0 Å². The molecule has 0 saturated carbocycles. The third-order valence-electron chi connectivity index (χ3n) is 9.66. The van der Waals surface area contributed by atoms with Gasteiger partial charge in [0.15, 0.2) is 0 Å². The Morgan fingerprint density at radius 2 is 0.913 bits per heavy atom. The highest BCUT2D eigenvalue weighted by molar-refractivity contribution is 6.31. The van der Waals surface area contributed by atoms with E-state index in [1.54, 1.807) is 0 Å². The molecule has 1 heterocycles. The Morgan fingerprint density at radius 3 is 1.61 bits per heavy atom. The van der Waals surface area contributed by atoms with Gasteiger partial charge in [0.05, 0.1) is 11.0 Å². The molecule has 0 N–H and O–H groups in total. The molecule has 0 radical (unpaired) electrons. The van der Waals surface area contributed by atoms with Crippen LogP contribution in [-0.2, 0) is 0 Å². The number of aromatic nitrogens is 1. The minimum absolute atomic E-state index is 1.12. The standard InChI is InChI=1S/C44H28N2/c1-3-15-31(16-4-1)45(32-17-5-2-6-18-32)33-24-26-34(27-25-33)46-40-23-11-22-37-36-20-9-13-29-14-10-21-38(41(29)36)39-28-30-12-7-8-19-35(30)44(46)43(39)42(37)40/h1-28H. The van der Waals surface area contributed by atoms with Crippen LogP contribution < -0.4 is 4.90 Å². The third kappa shape index (κ3) is 3.53. The molecule has 9 aromatic rings. The number of rotatable bonds is 4. The average molecular weight is 585 g/mol. The van der Waals surface area contributed by atoms with Crippen LogP contribution in [0.2, 0.25) is 0 Å². The predicted molar refractivity (Wildman–Crippen MR) is 195 cm³/mol. The molecule has 0 fully saturated rings. The van der Waals surface area contributed by atoms with Crippen molar-refractivity contribution in [2.24, 2.45) is 0 Å². The van der Waals surface area contributed by atoms with Crippen molar-refractivity contribution in [3.8, 4) is 27.9 Å². The van der Waals surface area contributed by atoms with Gasteiger partial charge in [-0.3, -0.25) is 0 Å². The highest BCUT2D eigenvalue weighted by Crippen LogP contribution is 2.51. The third-order valence-corrected chi connectivity index (χ3v) is 9.66. The second-order valence-corrected chi connectivity index (χ2v) is 12.1. The van der Waals surface area contributed by atoms with E-state index in [2.05, 4.69) is 179 Å². The van der Waals surface area contributed by atoms with E-state index >= 15 is 0 Å². The maximum absolute atomic E-state index is 2.49. The SMILES string of the molecule is c1ccc(N(c2ccccc2)c2ccc(-n3c4cccc5c4c4c(cc6ccccc6c43)-c3cccc4cccc-5c34)cc2)cc1. The molecule has 2 heteroatoms. The molecule has 8 aromatic carbocycles. The number of anilines is 3. The van der Waals surface area contributed by atoms with Crippen LogP contribution in [0.25, 0.3) is 71.3 Å². The van der Waals surface area contributed by atoms with E-state index < -0.39 is 0 Å². The van der Waals surface area contributed by atoms with Gasteiger partial charge < -0.3 is 9.47 Å². The van der Waals surface area contributed by atoms with Gasteiger partial charge in [-0.2, -0.15) is 0 Å². The molecule has 0 saturated heterocycles. The minimum Gasteiger partial charge on any atom is -0.311 e. The van der Waals surface area contributed by atoms with E-state index in [9.17, 15) is 0 Å². The Hall–Kier alpha value is -6.12. The smallest absolute Gasteiger partial charge is 0.0625 e. The van der Waals surface area contributed by atoms with Crippen LogP contribution in [0.1, 0.15) is 0 Å². The number of para-hydroxylation sites is 2. The maximum Gasteiger partial charge on any atom is 0.0625 e. The van der Waals surface area contributed by atoms with Crippen molar-refractivity contribution in [1.29, 1.82) is 0 Å². The zero-order valence-corrected chi connectivity index (χ0v) is 25.1. The fraction of sp³-hybridized carbons (Fsp3) is 0. The van der Waals surface area contributed by atoms with E-state index in [0.717, 1.165) is 22.7 Å². The van der Waals surface area contributed by atoms with Crippen LogP contribution in [0.15, 0.2) is 170 Å². The number of fused-ring (bicyclic) bond motifs is 4. The first-order chi connectivity index (χ1) is 22.8. The summed E-state index contributed by atoms with van der Waals surface area (Å²) in [6.07, 6.45) is 0. The number of nitrogens with zero attached hydrogens (tertiary/aromatic N) is 2. The van der Waals surface area contributed by atoms with Crippen LogP contribution in [0.4, 0.5) is 17.1 Å². The zero-order chi connectivity index (χ0) is 30.2. The second-order valence-electron chi connectivity index (χ2n) is 12.1. The fourth-order valence-corrected chi connectivity index (χ4v) is 7.77. The molecular formula is C44H28N2. The summed E-state index contributed by atoms with van der Waals surface area (Å²) in [4.78, 5) is 2.32. The Balaban J connectivity index is 1.28. The average Bonchev–Trinajstić information content (AvgIpc) is 3.42. The molecule has 10 rings (SSSR count). The quantitative estimate of drug-likeness (QED) is 0.200. The maximum atomic E-state index is 2.49. The van der Waals surface area contributed by atoms with Gasteiger partial charge in [-0.05, 0) is 99.1 Å². The largest absolute Gasteiger partial charge is 0.311 e. The van der Waals surface area contributed by atoms with Crippen molar-refractivity contribution < 1.29 is 0 Å². The highest BCUT2D eigenvalue weighted by Gasteiger charge is 2.26. The summed E-state index contributed by atoms with van der Waals surface area (Å²) in [5.74, 6) is 0. The zero-order valence-electron chi connectivity index (χ0n) is 25.1. The summed E-state index contributed by atoms with van der Waals surface area (Å²) in [5.41, 5.74) is 12.2. The normalized spacial score (nSPS) is 11.9. The lowest BCUT2D eigenvalue weighted by atomic mass is 9.92. The summed E-state index contributed by atoms with van der Waals surface area (Å²) < 4.78 is 2.49.